The minimum Gasteiger partial charge on any atom is -0.454 e. The quantitative estimate of drug-likeness (QED) is 0.768. The number of nitrogens with zero attached hydrogens (tertiary/aromatic N) is 4. The lowest BCUT2D eigenvalue weighted by molar-refractivity contribution is 0.0953. The average Bonchev–Trinajstić information content (AvgIpc) is 3.21. The van der Waals surface area contributed by atoms with Gasteiger partial charge in [0.05, 0.1) is 0 Å². The number of hydrogen-bond donors (Lipinski definition) is 1. The largest absolute Gasteiger partial charge is 0.454 e. The fraction of sp³-hybridized carbons (Fsp3) is 0.231. The van der Waals surface area contributed by atoms with E-state index in [4.69, 9.17) is 9.47 Å². The Labute approximate surface area is 128 Å². The van der Waals surface area contributed by atoms with Gasteiger partial charge in [-0.3, -0.25) is 4.79 Å². The van der Waals surface area contributed by atoms with Crippen LogP contribution in [-0.4, -0.2) is 39.1 Å². The molecule has 0 fully saturated rings. The zero-order valence-corrected chi connectivity index (χ0v) is 12.2. The second-order valence-corrected chi connectivity index (χ2v) is 5.67. The second kappa shape index (κ2) is 5.26. The lowest BCUT2D eigenvalue weighted by atomic mass is 10.2. The van der Waals surface area contributed by atoms with Gasteiger partial charge in [-0.25, -0.2) is 0 Å². The van der Waals surface area contributed by atoms with Crippen LogP contribution in [0.1, 0.15) is 15.4 Å². The summed E-state index contributed by atoms with van der Waals surface area (Å²) < 4.78 is 12.1. The van der Waals surface area contributed by atoms with Gasteiger partial charge in [0.2, 0.25) is 11.8 Å². The summed E-state index contributed by atoms with van der Waals surface area (Å²) in [6.45, 7) is 0.693. The molecule has 0 aliphatic carbocycles. The van der Waals surface area contributed by atoms with Gasteiger partial charge >= 0.3 is 0 Å². The van der Waals surface area contributed by atoms with Crippen LogP contribution in [0.3, 0.4) is 0 Å². The normalized spacial score (nSPS) is 12.7. The first-order valence-electron chi connectivity index (χ1n) is 6.63. The molecule has 0 bridgehead atoms. The standard InChI is InChI=1S/C13H11N5O3S/c19-12(8-1-2-9-10(5-8)21-7-20-9)14-4-3-11-17-18-6-15-16-13(18)22-11/h1-2,5-6H,3-4,7H2,(H,14,19). The highest BCUT2D eigenvalue weighted by Gasteiger charge is 2.16. The molecule has 2 aromatic heterocycles. The summed E-state index contributed by atoms with van der Waals surface area (Å²) in [4.78, 5) is 12.9. The minimum absolute atomic E-state index is 0.152. The molecule has 3 heterocycles. The average molecular weight is 317 g/mol. The van der Waals surface area contributed by atoms with E-state index < -0.39 is 0 Å². The van der Waals surface area contributed by atoms with Crippen molar-refractivity contribution in [2.75, 3.05) is 13.3 Å². The van der Waals surface area contributed by atoms with Crippen molar-refractivity contribution in [1.29, 1.82) is 0 Å². The van der Waals surface area contributed by atoms with Crippen LogP contribution in [0.25, 0.3) is 4.96 Å². The van der Waals surface area contributed by atoms with Crippen LogP contribution in [0.2, 0.25) is 0 Å². The van der Waals surface area contributed by atoms with E-state index in [1.807, 2.05) is 0 Å². The van der Waals surface area contributed by atoms with Crippen LogP contribution in [0, 0.1) is 0 Å². The second-order valence-electron chi connectivity index (χ2n) is 4.63. The Morgan fingerprint density at radius 2 is 2.27 bits per heavy atom. The van der Waals surface area contributed by atoms with E-state index in [0.29, 0.717) is 30.0 Å². The van der Waals surface area contributed by atoms with Gasteiger partial charge in [0, 0.05) is 18.5 Å². The maximum atomic E-state index is 12.1. The first-order chi connectivity index (χ1) is 10.8. The molecule has 22 heavy (non-hydrogen) atoms. The molecule has 1 amide bonds. The fourth-order valence-electron chi connectivity index (χ4n) is 2.12. The van der Waals surface area contributed by atoms with Gasteiger partial charge < -0.3 is 14.8 Å². The molecular formula is C13H11N5O3S. The molecule has 0 unspecified atom stereocenters. The lowest BCUT2D eigenvalue weighted by Crippen LogP contribution is -2.25. The number of nitrogens with one attached hydrogen (secondary N) is 1. The Kier molecular flexibility index (Phi) is 3.11. The molecule has 1 aromatic carbocycles. The Balaban J connectivity index is 1.37. The smallest absolute Gasteiger partial charge is 0.251 e. The molecule has 0 saturated carbocycles. The van der Waals surface area contributed by atoms with Crippen molar-refractivity contribution in [3.05, 3.63) is 35.1 Å². The predicted octanol–water partition coefficient (Wildman–Crippen LogP) is 0.887. The number of fused-ring (bicyclic) bond motifs is 2. The van der Waals surface area contributed by atoms with E-state index in [0.717, 1.165) is 9.97 Å². The van der Waals surface area contributed by atoms with Gasteiger partial charge in [-0.15, -0.1) is 10.2 Å². The van der Waals surface area contributed by atoms with Crippen molar-refractivity contribution in [3.63, 3.8) is 0 Å². The molecular weight excluding hydrogens is 306 g/mol. The topological polar surface area (TPSA) is 90.6 Å². The summed E-state index contributed by atoms with van der Waals surface area (Å²) in [5, 5.41) is 15.7. The van der Waals surface area contributed by atoms with E-state index in [1.165, 1.54) is 11.3 Å². The van der Waals surface area contributed by atoms with Gasteiger partial charge in [0.1, 0.15) is 11.3 Å². The molecule has 1 N–H and O–H groups in total. The third kappa shape index (κ3) is 2.35. The summed E-state index contributed by atoms with van der Waals surface area (Å²) in [5.41, 5.74) is 0.544. The molecule has 0 radical (unpaired) electrons. The van der Waals surface area contributed by atoms with Crippen molar-refractivity contribution < 1.29 is 14.3 Å². The summed E-state index contributed by atoms with van der Waals surface area (Å²) in [6, 6.07) is 5.13. The van der Waals surface area contributed by atoms with Crippen molar-refractivity contribution >= 4 is 22.2 Å². The minimum atomic E-state index is -0.152. The SMILES string of the molecule is O=C(NCCc1nn2cnnc2s1)c1ccc2c(c1)OCO2. The Hall–Kier alpha value is -2.68. The number of aromatic nitrogens is 4. The van der Waals surface area contributed by atoms with Crippen molar-refractivity contribution in [2.45, 2.75) is 6.42 Å². The van der Waals surface area contributed by atoms with Crippen LogP contribution in [-0.2, 0) is 6.42 Å². The van der Waals surface area contributed by atoms with Crippen LogP contribution in [0.15, 0.2) is 24.5 Å². The van der Waals surface area contributed by atoms with Gasteiger partial charge in [0.25, 0.3) is 5.91 Å². The summed E-state index contributed by atoms with van der Waals surface area (Å²) in [6.07, 6.45) is 2.20. The van der Waals surface area contributed by atoms with Gasteiger partial charge in [0.15, 0.2) is 11.5 Å². The fourth-order valence-corrected chi connectivity index (χ4v) is 2.94. The third-order valence-electron chi connectivity index (χ3n) is 3.19. The molecule has 0 atom stereocenters. The molecule has 0 spiro atoms. The van der Waals surface area contributed by atoms with E-state index in [-0.39, 0.29) is 12.7 Å². The highest BCUT2D eigenvalue weighted by atomic mass is 32.1. The Morgan fingerprint density at radius 3 is 3.18 bits per heavy atom. The van der Waals surface area contributed by atoms with Crippen molar-refractivity contribution in [2.24, 2.45) is 0 Å². The summed E-state index contributed by atoms with van der Waals surface area (Å²) in [5.74, 6) is 1.11. The maximum absolute atomic E-state index is 12.1. The number of rotatable bonds is 4. The predicted molar refractivity (Wildman–Crippen MR) is 77.3 cm³/mol. The van der Waals surface area contributed by atoms with E-state index in [9.17, 15) is 4.79 Å². The molecule has 8 nitrogen and oxygen atoms in total. The molecule has 3 aromatic rings. The van der Waals surface area contributed by atoms with Gasteiger partial charge in [-0.1, -0.05) is 11.3 Å². The molecule has 0 saturated heterocycles. The van der Waals surface area contributed by atoms with E-state index in [2.05, 4.69) is 20.6 Å². The number of amides is 1. The van der Waals surface area contributed by atoms with Crippen molar-refractivity contribution in [3.8, 4) is 11.5 Å². The number of hydrogen-bond acceptors (Lipinski definition) is 7. The van der Waals surface area contributed by atoms with Crippen LogP contribution < -0.4 is 14.8 Å². The highest BCUT2D eigenvalue weighted by molar-refractivity contribution is 7.16. The van der Waals surface area contributed by atoms with Crippen LogP contribution in [0.4, 0.5) is 0 Å². The zero-order valence-electron chi connectivity index (χ0n) is 11.4. The first-order valence-corrected chi connectivity index (χ1v) is 7.45. The summed E-state index contributed by atoms with van der Waals surface area (Å²) >= 11 is 1.46. The molecule has 4 rings (SSSR count). The van der Waals surface area contributed by atoms with E-state index in [1.54, 1.807) is 29.0 Å². The number of benzene rings is 1. The Morgan fingerprint density at radius 1 is 1.36 bits per heavy atom. The lowest BCUT2D eigenvalue weighted by Gasteiger charge is -2.04. The maximum Gasteiger partial charge on any atom is 0.251 e. The molecule has 112 valence electrons. The number of ether oxygens (including phenoxy) is 2. The van der Waals surface area contributed by atoms with Crippen LogP contribution >= 0.6 is 11.3 Å². The highest BCUT2D eigenvalue weighted by Crippen LogP contribution is 2.32. The van der Waals surface area contributed by atoms with Gasteiger partial charge in [-0.2, -0.15) is 9.61 Å². The summed E-state index contributed by atoms with van der Waals surface area (Å²) in [7, 11) is 0. The number of carbonyl (C=O) groups excluding carboxylic acids is 1. The van der Waals surface area contributed by atoms with Crippen LogP contribution in [0.5, 0.6) is 11.5 Å². The molecule has 1 aliphatic heterocycles. The molecule has 9 heteroatoms. The van der Waals surface area contributed by atoms with Gasteiger partial charge in [-0.05, 0) is 18.2 Å². The number of carbonyl (C=O) groups is 1. The van der Waals surface area contributed by atoms with Crippen molar-refractivity contribution in [1.82, 2.24) is 25.1 Å². The Bertz CT molecular complexity index is 815. The third-order valence-corrected chi connectivity index (χ3v) is 4.16. The van der Waals surface area contributed by atoms with E-state index >= 15 is 0 Å². The zero-order chi connectivity index (χ0) is 14.9. The molecule has 1 aliphatic rings. The monoisotopic (exact) mass is 317 g/mol. The first kappa shape index (κ1) is 13.0.